The van der Waals surface area contributed by atoms with E-state index in [4.69, 9.17) is 4.74 Å². The van der Waals surface area contributed by atoms with E-state index >= 15 is 0 Å². The highest BCUT2D eigenvalue weighted by Crippen LogP contribution is 2.14. The molecule has 0 saturated carbocycles. The second-order valence-corrected chi connectivity index (χ2v) is 6.53. The van der Waals surface area contributed by atoms with Crippen LogP contribution >= 0.6 is 0 Å². The second-order valence-electron chi connectivity index (χ2n) is 6.53. The number of hydrogen-bond acceptors (Lipinski definition) is 4. The Bertz CT molecular complexity index is 800. The van der Waals surface area contributed by atoms with Gasteiger partial charge in [0.05, 0.1) is 31.6 Å². The molecular weight excluding hydrogens is 346 g/mol. The Morgan fingerprint density at radius 3 is 2.59 bits per heavy atom. The summed E-state index contributed by atoms with van der Waals surface area (Å²) in [6, 6.07) is 9.23. The number of rotatable bonds is 5. The van der Waals surface area contributed by atoms with Crippen molar-refractivity contribution in [3.8, 4) is 5.75 Å². The third-order valence-electron chi connectivity index (χ3n) is 4.55. The molecule has 0 aliphatic carbocycles. The lowest BCUT2D eigenvalue weighted by Crippen LogP contribution is -2.34. The lowest BCUT2D eigenvalue weighted by Gasteiger charge is -2.17. The molecule has 0 fully saturated rings. The fraction of sp³-hybridized carbons (Fsp3) is 0.421. The summed E-state index contributed by atoms with van der Waals surface area (Å²) in [6.45, 7) is 4.45. The van der Waals surface area contributed by atoms with E-state index < -0.39 is 0 Å². The highest BCUT2D eigenvalue weighted by Gasteiger charge is 2.18. The van der Waals surface area contributed by atoms with Crippen molar-refractivity contribution in [2.24, 2.45) is 0 Å². The number of amides is 3. The Balaban J connectivity index is 1.49. The third kappa shape index (κ3) is 4.99. The molecule has 0 atom stereocenters. The number of benzene rings is 1. The maximum Gasteiger partial charge on any atom is 0.315 e. The number of urea groups is 1. The van der Waals surface area contributed by atoms with Crippen molar-refractivity contribution in [2.45, 2.75) is 39.5 Å². The van der Waals surface area contributed by atoms with Crippen molar-refractivity contribution in [3.63, 3.8) is 0 Å². The summed E-state index contributed by atoms with van der Waals surface area (Å²) >= 11 is 0. The molecule has 1 aliphatic rings. The third-order valence-corrected chi connectivity index (χ3v) is 4.55. The Morgan fingerprint density at radius 1 is 1.15 bits per heavy atom. The summed E-state index contributed by atoms with van der Waals surface area (Å²) in [5.74, 6) is 0.855. The first kappa shape index (κ1) is 18.8. The highest BCUT2D eigenvalue weighted by molar-refractivity contribution is 5.74. The van der Waals surface area contributed by atoms with Crippen LogP contribution in [0.3, 0.4) is 0 Å². The van der Waals surface area contributed by atoms with Gasteiger partial charge in [0.25, 0.3) is 0 Å². The fourth-order valence-corrected chi connectivity index (χ4v) is 3.04. The minimum Gasteiger partial charge on any atom is -0.497 e. The van der Waals surface area contributed by atoms with Crippen LogP contribution < -0.4 is 15.4 Å². The van der Waals surface area contributed by atoms with E-state index in [0.29, 0.717) is 19.6 Å². The van der Waals surface area contributed by atoms with E-state index in [-0.39, 0.29) is 11.9 Å². The predicted octanol–water partition coefficient (Wildman–Crippen LogP) is 1.64. The van der Waals surface area contributed by atoms with E-state index in [1.165, 1.54) is 0 Å². The van der Waals surface area contributed by atoms with Crippen LogP contribution in [0.4, 0.5) is 4.79 Å². The number of fused-ring (bicyclic) bond motifs is 1. The predicted molar refractivity (Wildman–Crippen MR) is 100 cm³/mol. The van der Waals surface area contributed by atoms with Gasteiger partial charge in [-0.2, -0.15) is 5.10 Å². The molecule has 2 aromatic rings. The summed E-state index contributed by atoms with van der Waals surface area (Å²) in [7, 11) is 1.62. The lowest BCUT2D eigenvalue weighted by molar-refractivity contribution is -0.129. The SMILES string of the molecule is COc1ccc(CNC(=O)NCc2cc3n(n2)CCCN(C(C)=O)C3)cc1. The molecule has 0 saturated heterocycles. The van der Waals surface area contributed by atoms with Crippen molar-refractivity contribution in [1.82, 2.24) is 25.3 Å². The summed E-state index contributed by atoms with van der Waals surface area (Å²) in [5.41, 5.74) is 2.78. The summed E-state index contributed by atoms with van der Waals surface area (Å²) < 4.78 is 7.04. The smallest absolute Gasteiger partial charge is 0.315 e. The monoisotopic (exact) mass is 371 g/mol. The van der Waals surface area contributed by atoms with Gasteiger partial charge in [0, 0.05) is 26.6 Å². The fourth-order valence-electron chi connectivity index (χ4n) is 3.04. The Hall–Kier alpha value is -3.03. The van der Waals surface area contributed by atoms with Gasteiger partial charge in [-0.1, -0.05) is 12.1 Å². The molecule has 144 valence electrons. The molecule has 3 amide bonds. The largest absolute Gasteiger partial charge is 0.497 e. The number of ether oxygens (including phenoxy) is 1. The van der Waals surface area contributed by atoms with E-state index in [2.05, 4.69) is 15.7 Å². The maximum absolute atomic E-state index is 12.0. The van der Waals surface area contributed by atoms with Crippen LogP contribution in [0.5, 0.6) is 5.75 Å². The van der Waals surface area contributed by atoms with E-state index in [1.807, 2.05) is 39.9 Å². The topological polar surface area (TPSA) is 88.5 Å². The van der Waals surface area contributed by atoms with E-state index in [1.54, 1.807) is 14.0 Å². The van der Waals surface area contributed by atoms with E-state index in [0.717, 1.165) is 42.2 Å². The molecule has 0 radical (unpaired) electrons. The first-order valence-corrected chi connectivity index (χ1v) is 9.01. The lowest BCUT2D eigenvalue weighted by atomic mass is 10.2. The summed E-state index contributed by atoms with van der Waals surface area (Å²) in [4.78, 5) is 25.5. The molecule has 3 rings (SSSR count). The van der Waals surface area contributed by atoms with Crippen LogP contribution in [0.15, 0.2) is 30.3 Å². The average molecular weight is 371 g/mol. The van der Waals surface area contributed by atoms with Crippen molar-refractivity contribution < 1.29 is 14.3 Å². The van der Waals surface area contributed by atoms with Gasteiger partial charge in [-0.3, -0.25) is 9.48 Å². The first-order chi connectivity index (χ1) is 13.0. The van der Waals surface area contributed by atoms with Gasteiger partial charge in [0.2, 0.25) is 5.91 Å². The number of aryl methyl sites for hydroxylation is 1. The molecule has 27 heavy (non-hydrogen) atoms. The molecular formula is C19H25N5O3. The zero-order valence-corrected chi connectivity index (χ0v) is 15.7. The quantitative estimate of drug-likeness (QED) is 0.836. The summed E-state index contributed by atoms with van der Waals surface area (Å²) in [5, 5.41) is 10.2. The minimum atomic E-state index is -0.251. The molecule has 2 heterocycles. The number of methoxy groups -OCH3 is 1. The van der Waals surface area contributed by atoms with Gasteiger partial charge < -0.3 is 20.3 Å². The van der Waals surface area contributed by atoms with Crippen LogP contribution in [0.2, 0.25) is 0 Å². The van der Waals surface area contributed by atoms with Gasteiger partial charge in [-0.15, -0.1) is 0 Å². The Kier molecular flexibility index (Phi) is 5.95. The molecule has 0 spiro atoms. The van der Waals surface area contributed by atoms with Crippen molar-refractivity contribution >= 4 is 11.9 Å². The normalized spacial score (nSPS) is 13.5. The molecule has 8 nitrogen and oxygen atoms in total. The standard InChI is InChI=1S/C19H25N5O3/c1-14(25)23-8-3-9-24-17(13-23)10-16(22-24)12-21-19(26)20-11-15-4-6-18(27-2)7-5-15/h4-7,10H,3,8-9,11-13H2,1-2H3,(H2,20,21,26). The molecule has 1 aromatic heterocycles. The van der Waals surface area contributed by atoms with Crippen molar-refractivity contribution in [2.75, 3.05) is 13.7 Å². The van der Waals surface area contributed by atoms with Gasteiger partial charge in [0.15, 0.2) is 0 Å². The van der Waals surface area contributed by atoms with Gasteiger partial charge >= 0.3 is 6.03 Å². The van der Waals surface area contributed by atoms with Crippen LogP contribution in [-0.2, 0) is 31.0 Å². The number of aromatic nitrogens is 2. The maximum atomic E-state index is 12.0. The summed E-state index contributed by atoms with van der Waals surface area (Å²) in [6.07, 6.45) is 0.878. The first-order valence-electron chi connectivity index (χ1n) is 9.01. The Morgan fingerprint density at radius 2 is 1.89 bits per heavy atom. The van der Waals surface area contributed by atoms with E-state index in [9.17, 15) is 9.59 Å². The number of nitrogens with zero attached hydrogens (tertiary/aromatic N) is 3. The second kappa shape index (κ2) is 8.57. The Labute approximate surface area is 158 Å². The zero-order valence-electron chi connectivity index (χ0n) is 15.7. The number of hydrogen-bond donors (Lipinski definition) is 2. The zero-order chi connectivity index (χ0) is 19.2. The number of nitrogens with one attached hydrogen (secondary N) is 2. The molecule has 0 bridgehead atoms. The molecule has 1 aliphatic heterocycles. The number of carbonyl (C=O) groups excluding carboxylic acids is 2. The van der Waals surface area contributed by atoms with Gasteiger partial charge in [-0.25, -0.2) is 4.79 Å². The van der Waals surface area contributed by atoms with Crippen molar-refractivity contribution in [1.29, 1.82) is 0 Å². The number of carbonyl (C=O) groups is 2. The highest BCUT2D eigenvalue weighted by atomic mass is 16.5. The van der Waals surface area contributed by atoms with Crippen LogP contribution in [-0.4, -0.2) is 40.3 Å². The average Bonchev–Trinajstić information content (AvgIpc) is 2.94. The molecule has 0 unspecified atom stereocenters. The van der Waals surface area contributed by atoms with Crippen LogP contribution in [0, 0.1) is 0 Å². The molecule has 1 aromatic carbocycles. The van der Waals surface area contributed by atoms with Crippen LogP contribution in [0.1, 0.15) is 30.3 Å². The van der Waals surface area contributed by atoms with Crippen molar-refractivity contribution in [3.05, 3.63) is 47.3 Å². The minimum absolute atomic E-state index is 0.0715. The van der Waals surface area contributed by atoms with Crippen LogP contribution in [0.25, 0.3) is 0 Å². The molecule has 8 heteroatoms. The van der Waals surface area contributed by atoms with Gasteiger partial charge in [0.1, 0.15) is 5.75 Å². The van der Waals surface area contributed by atoms with Gasteiger partial charge in [-0.05, 0) is 30.2 Å². The molecule has 2 N–H and O–H groups in total.